The second-order valence-corrected chi connectivity index (χ2v) is 4.77. The third-order valence-electron chi connectivity index (χ3n) is 3.38. The van der Waals surface area contributed by atoms with Gasteiger partial charge in [-0.05, 0) is 19.3 Å². The van der Waals surface area contributed by atoms with Gasteiger partial charge in [-0.1, -0.05) is 19.8 Å². The molecule has 1 fully saturated rings. The first kappa shape index (κ1) is 18.0. The smallest absolute Gasteiger partial charge is 0.315 e. The molecule has 0 aromatic heterocycles. The van der Waals surface area contributed by atoms with Gasteiger partial charge in [-0.25, -0.2) is 4.79 Å². The summed E-state index contributed by atoms with van der Waals surface area (Å²) in [6.45, 7) is 3.09. The van der Waals surface area contributed by atoms with Gasteiger partial charge >= 0.3 is 6.03 Å². The highest BCUT2D eigenvalue weighted by molar-refractivity contribution is 5.87. The van der Waals surface area contributed by atoms with Crippen LogP contribution < -0.4 is 16.8 Å². The Bertz CT molecular complexity index is 301. The number of likely N-dealkylation sites (tertiary alicyclic amines) is 1. The van der Waals surface area contributed by atoms with E-state index in [1.54, 1.807) is 0 Å². The number of halogens is 1. The molecular weight excluding hydrogens is 268 g/mol. The van der Waals surface area contributed by atoms with E-state index in [0.29, 0.717) is 19.5 Å². The van der Waals surface area contributed by atoms with Gasteiger partial charge in [-0.2, -0.15) is 0 Å². The van der Waals surface area contributed by atoms with E-state index in [0.717, 1.165) is 25.7 Å². The molecule has 112 valence electrons. The van der Waals surface area contributed by atoms with Crippen molar-refractivity contribution in [3.63, 3.8) is 0 Å². The minimum Gasteiger partial charge on any atom is -0.351 e. The molecule has 1 saturated heterocycles. The van der Waals surface area contributed by atoms with Crippen molar-refractivity contribution in [2.75, 3.05) is 13.1 Å². The van der Waals surface area contributed by atoms with E-state index in [1.807, 2.05) is 0 Å². The molecule has 0 bridgehead atoms. The van der Waals surface area contributed by atoms with E-state index >= 15 is 0 Å². The topological polar surface area (TPSA) is 101 Å². The van der Waals surface area contributed by atoms with E-state index in [1.165, 1.54) is 4.90 Å². The Balaban J connectivity index is 0.00000324. The van der Waals surface area contributed by atoms with Crippen molar-refractivity contribution in [3.8, 4) is 0 Å². The van der Waals surface area contributed by atoms with Crippen molar-refractivity contribution in [1.29, 1.82) is 0 Å². The van der Waals surface area contributed by atoms with Crippen LogP contribution in [0.4, 0.5) is 4.79 Å². The lowest BCUT2D eigenvalue weighted by molar-refractivity contribution is -0.125. The minimum absolute atomic E-state index is 0. The van der Waals surface area contributed by atoms with Crippen LogP contribution in [0.2, 0.25) is 0 Å². The van der Waals surface area contributed by atoms with E-state index in [2.05, 4.69) is 12.2 Å². The summed E-state index contributed by atoms with van der Waals surface area (Å²) < 4.78 is 0. The molecule has 6 nitrogen and oxygen atoms in total. The normalized spacial score (nSPS) is 19.7. The zero-order chi connectivity index (χ0) is 13.5. The monoisotopic (exact) mass is 292 g/mol. The summed E-state index contributed by atoms with van der Waals surface area (Å²) in [6, 6.07) is -0.948. The lowest BCUT2D eigenvalue weighted by Gasteiger charge is -2.24. The standard InChI is InChI=1S/C12H24N4O2.ClH/c1-2-3-5-9(8-13)15-11(17)10-6-4-7-16(10)12(14)18;/h9-10H,2-8,13H2,1H3,(H2,14,18)(H,15,17);1H/t9?,10-;/m0./s1. The van der Waals surface area contributed by atoms with Gasteiger partial charge in [0.05, 0.1) is 0 Å². The molecular formula is C12H25ClN4O2. The molecule has 1 aliphatic heterocycles. The van der Waals surface area contributed by atoms with Crippen molar-refractivity contribution < 1.29 is 9.59 Å². The maximum atomic E-state index is 12.1. The number of nitrogens with two attached hydrogens (primary N) is 2. The van der Waals surface area contributed by atoms with Crippen LogP contribution in [0.25, 0.3) is 0 Å². The molecule has 5 N–H and O–H groups in total. The number of primary amides is 1. The predicted octanol–water partition coefficient (Wildman–Crippen LogP) is 0.585. The van der Waals surface area contributed by atoms with Gasteiger partial charge < -0.3 is 21.7 Å². The number of hydrogen-bond acceptors (Lipinski definition) is 3. The van der Waals surface area contributed by atoms with Crippen LogP contribution in [0, 0.1) is 0 Å². The predicted molar refractivity (Wildman–Crippen MR) is 77.1 cm³/mol. The van der Waals surface area contributed by atoms with Gasteiger partial charge in [0.25, 0.3) is 0 Å². The molecule has 0 aromatic rings. The van der Waals surface area contributed by atoms with E-state index < -0.39 is 12.1 Å². The zero-order valence-electron chi connectivity index (χ0n) is 11.4. The summed E-state index contributed by atoms with van der Waals surface area (Å²) in [7, 11) is 0. The number of nitrogens with zero attached hydrogens (tertiary/aromatic N) is 1. The Hall–Kier alpha value is -1.01. The highest BCUT2D eigenvalue weighted by atomic mass is 35.5. The maximum Gasteiger partial charge on any atom is 0.315 e. The van der Waals surface area contributed by atoms with Crippen LogP contribution >= 0.6 is 12.4 Å². The third kappa shape index (κ3) is 5.24. The molecule has 0 spiro atoms. The molecule has 1 unspecified atom stereocenters. The molecule has 1 heterocycles. The Morgan fingerprint density at radius 1 is 1.47 bits per heavy atom. The molecule has 3 amide bonds. The van der Waals surface area contributed by atoms with E-state index in [-0.39, 0.29) is 24.4 Å². The highest BCUT2D eigenvalue weighted by Crippen LogP contribution is 2.17. The van der Waals surface area contributed by atoms with Gasteiger partial charge in [0.2, 0.25) is 5.91 Å². The summed E-state index contributed by atoms with van der Waals surface area (Å²) in [5, 5.41) is 2.91. The Morgan fingerprint density at radius 2 is 2.16 bits per heavy atom. The third-order valence-corrected chi connectivity index (χ3v) is 3.38. The van der Waals surface area contributed by atoms with Crippen molar-refractivity contribution in [2.45, 2.75) is 51.1 Å². The van der Waals surface area contributed by atoms with Gasteiger partial charge in [0, 0.05) is 19.1 Å². The number of carbonyl (C=O) groups excluding carboxylic acids is 2. The molecule has 0 saturated carbocycles. The van der Waals surface area contributed by atoms with Crippen LogP contribution in [0.5, 0.6) is 0 Å². The van der Waals surface area contributed by atoms with E-state index in [9.17, 15) is 9.59 Å². The van der Waals surface area contributed by atoms with Gasteiger partial charge in [-0.15, -0.1) is 12.4 Å². The number of unbranched alkanes of at least 4 members (excludes halogenated alkanes) is 1. The average molecular weight is 293 g/mol. The number of urea groups is 1. The molecule has 19 heavy (non-hydrogen) atoms. The van der Waals surface area contributed by atoms with Crippen molar-refractivity contribution in [3.05, 3.63) is 0 Å². The van der Waals surface area contributed by atoms with Crippen LogP contribution in [0.1, 0.15) is 39.0 Å². The summed E-state index contributed by atoms with van der Waals surface area (Å²) in [6.07, 6.45) is 4.49. The van der Waals surface area contributed by atoms with Crippen molar-refractivity contribution in [2.24, 2.45) is 11.5 Å². The van der Waals surface area contributed by atoms with Crippen LogP contribution in [-0.4, -0.2) is 42.0 Å². The number of carbonyl (C=O) groups is 2. The molecule has 1 rings (SSSR count). The van der Waals surface area contributed by atoms with Gasteiger partial charge in [0.1, 0.15) is 6.04 Å². The molecule has 2 atom stereocenters. The minimum atomic E-state index is -0.523. The Labute approximate surface area is 120 Å². The summed E-state index contributed by atoms with van der Waals surface area (Å²) in [4.78, 5) is 24.7. The first-order chi connectivity index (χ1) is 8.60. The Kier molecular flexibility index (Phi) is 8.51. The SMILES string of the molecule is CCCCC(CN)NC(=O)[C@@H]1CCCN1C(N)=O.Cl. The second-order valence-electron chi connectivity index (χ2n) is 4.77. The number of hydrogen-bond donors (Lipinski definition) is 3. The average Bonchev–Trinajstić information content (AvgIpc) is 2.83. The zero-order valence-corrected chi connectivity index (χ0v) is 12.2. The fourth-order valence-corrected chi connectivity index (χ4v) is 2.30. The molecule has 7 heteroatoms. The van der Waals surface area contributed by atoms with Crippen LogP contribution in [0.15, 0.2) is 0 Å². The molecule has 1 aliphatic rings. The second kappa shape index (κ2) is 8.98. The van der Waals surface area contributed by atoms with Crippen molar-refractivity contribution in [1.82, 2.24) is 10.2 Å². The number of nitrogens with one attached hydrogen (secondary N) is 1. The Morgan fingerprint density at radius 3 is 2.68 bits per heavy atom. The lowest BCUT2D eigenvalue weighted by atomic mass is 10.1. The van der Waals surface area contributed by atoms with Crippen LogP contribution in [0.3, 0.4) is 0 Å². The van der Waals surface area contributed by atoms with Gasteiger partial charge in [0.15, 0.2) is 0 Å². The summed E-state index contributed by atoms with van der Waals surface area (Å²) in [5.41, 5.74) is 10.9. The van der Waals surface area contributed by atoms with E-state index in [4.69, 9.17) is 11.5 Å². The largest absolute Gasteiger partial charge is 0.351 e. The quantitative estimate of drug-likeness (QED) is 0.667. The summed E-state index contributed by atoms with van der Waals surface area (Å²) >= 11 is 0. The van der Waals surface area contributed by atoms with Crippen molar-refractivity contribution >= 4 is 24.3 Å². The molecule has 0 aliphatic carbocycles. The molecule has 0 radical (unpaired) electrons. The number of rotatable bonds is 6. The highest BCUT2D eigenvalue weighted by Gasteiger charge is 2.33. The van der Waals surface area contributed by atoms with Gasteiger partial charge in [-0.3, -0.25) is 4.79 Å². The maximum absolute atomic E-state index is 12.1. The first-order valence-corrected chi connectivity index (χ1v) is 6.66. The first-order valence-electron chi connectivity index (χ1n) is 6.66. The summed E-state index contributed by atoms with van der Waals surface area (Å²) in [5.74, 6) is -0.127. The number of amides is 3. The van der Waals surface area contributed by atoms with Crippen LogP contribution in [-0.2, 0) is 4.79 Å². The fourth-order valence-electron chi connectivity index (χ4n) is 2.30. The fraction of sp³-hybridized carbons (Fsp3) is 0.833. The lowest BCUT2D eigenvalue weighted by Crippen LogP contribution is -2.51. The molecule has 0 aromatic carbocycles.